The summed E-state index contributed by atoms with van der Waals surface area (Å²) in [5, 5.41) is 5.41. The number of imidazole rings is 1. The van der Waals surface area contributed by atoms with Gasteiger partial charge in [0.25, 0.3) is 0 Å². The number of hydrogen-bond donors (Lipinski definition) is 2. The van der Waals surface area contributed by atoms with Crippen molar-refractivity contribution < 1.29 is 4.79 Å². The third-order valence-electron chi connectivity index (χ3n) is 4.67. The Bertz CT molecular complexity index is 724. The highest BCUT2D eigenvalue weighted by Crippen LogP contribution is 2.32. The van der Waals surface area contributed by atoms with Crippen LogP contribution in [0.4, 0.5) is 16.2 Å². The number of anilines is 2. The molecule has 1 aromatic heterocycles. The maximum absolute atomic E-state index is 11.5. The number of rotatable bonds is 5. The number of carbonyl (C=O) groups is 1. The van der Waals surface area contributed by atoms with Gasteiger partial charge in [-0.15, -0.1) is 0 Å². The molecule has 0 radical (unpaired) electrons. The van der Waals surface area contributed by atoms with Crippen LogP contribution in [0.2, 0.25) is 0 Å². The second-order valence-electron chi connectivity index (χ2n) is 6.29. The van der Waals surface area contributed by atoms with Crippen molar-refractivity contribution in [2.24, 2.45) is 0 Å². The van der Waals surface area contributed by atoms with Gasteiger partial charge >= 0.3 is 6.03 Å². The normalized spacial score (nSPS) is 14.4. The van der Waals surface area contributed by atoms with Crippen molar-refractivity contribution in [1.82, 2.24) is 14.9 Å². The predicted octanol–water partition coefficient (Wildman–Crippen LogP) is 3.17. The van der Waals surface area contributed by atoms with Crippen LogP contribution in [0.5, 0.6) is 0 Å². The Labute approximate surface area is 142 Å². The fourth-order valence-corrected chi connectivity index (χ4v) is 2.99. The number of hydrogen-bond acceptors (Lipinski definition) is 3. The fraction of sp³-hybridized carbons (Fsp3) is 0.444. The molecule has 0 saturated carbocycles. The van der Waals surface area contributed by atoms with Gasteiger partial charge in [0.1, 0.15) is 0 Å². The van der Waals surface area contributed by atoms with Gasteiger partial charge in [-0.1, -0.05) is 13.0 Å². The first-order chi connectivity index (χ1) is 11.6. The van der Waals surface area contributed by atoms with Crippen molar-refractivity contribution in [3.05, 3.63) is 42.0 Å². The summed E-state index contributed by atoms with van der Waals surface area (Å²) in [6.45, 7) is 6.16. The van der Waals surface area contributed by atoms with Gasteiger partial charge in [0.15, 0.2) is 0 Å². The number of nitrogens with zero attached hydrogens (tertiary/aromatic N) is 3. The third kappa shape index (κ3) is 3.37. The molecular weight excluding hydrogens is 302 g/mol. The van der Waals surface area contributed by atoms with E-state index in [-0.39, 0.29) is 6.03 Å². The Morgan fingerprint density at radius 3 is 3.00 bits per heavy atom. The summed E-state index contributed by atoms with van der Waals surface area (Å²) in [6, 6.07) is 6.36. The zero-order chi connectivity index (χ0) is 17.1. The smallest absolute Gasteiger partial charge is 0.318 e. The number of aromatic nitrogens is 2. The molecule has 2 N–H and O–H groups in total. The average molecular weight is 327 g/mol. The van der Waals surface area contributed by atoms with Crippen LogP contribution < -0.4 is 15.5 Å². The zero-order valence-corrected chi connectivity index (χ0v) is 14.5. The molecule has 0 bridgehead atoms. The SMILES string of the molecule is CC[C@H](C)n1cnc(CN2CCc3ccc(NC(=O)NC)cc32)c1. The Kier molecular flexibility index (Phi) is 4.74. The molecule has 0 saturated heterocycles. The Balaban J connectivity index is 1.74. The summed E-state index contributed by atoms with van der Waals surface area (Å²) in [5.74, 6) is 0. The molecular formula is C18H25N5O. The first kappa shape index (κ1) is 16.4. The molecule has 0 aliphatic carbocycles. The van der Waals surface area contributed by atoms with Gasteiger partial charge < -0.3 is 20.1 Å². The second-order valence-corrected chi connectivity index (χ2v) is 6.29. The van der Waals surface area contributed by atoms with E-state index >= 15 is 0 Å². The minimum atomic E-state index is -0.202. The van der Waals surface area contributed by atoms with Crippen LogP contribution in [0.3, 0.4) is 0 Å². The van der Waals surface area contributed by atoms with Crippen LogP contribution in [0.15, 0.2) is 30.7 Å². The molecule has 2 amide bonds. The van der Waals surface area contributed by atoms with Gasteiger partial charge in [0.2, 0.25) is 0 Å². The lowest BCUT2D eigenvalue weighted by Gasteiger charge is -2.19. The second kappa shape index (κ2) is 6.95. The zero-order valence-electron chi connectivity index (χ0n) is 14.5. The summed E-state index contributed by atoms with van der Waals surface area (Å²) in [7, 11) is 1.61. The molecule has 3 rings (SSSR count). The van der Waals surface area contributed by atoms with E-state index in [1.165, 1.54) is 11.3 Å². The van der Waals surface area contributed by atoms with E-state index in [1.807, 2.05) is 18.5 Å². The predicted molar refractivity (Wildman–Crippen MR) is 96.5 cm³/mol. The third-order valence-corrected chi connectivity index (χ3v) is 4.67. The van der Waals surface area contributed by atoms with Crippen molar-refractivity contribution in [2.75, 3.05) is 23.8 Å². The minimum Gasteiger partial charge on any atom is -0.365 e. The van der Waals surface area contributed by atoms with E-state index in [4.69, 9.17) is 0 Å². The summed E-state index contributed by atoms with van der Waals surface area (Å²) >= 11 is 0. The standard InChI is InChI=1S/C18H25N5O/c1-4-13(2)23-11-16(20-12-23)10-22-8-7-14-5-6-15(9-17(14)22)21-18(24)19-3/h5-6,9,11-13H,4,7-8,10H2,1-3H3,(H2,19,21,24)/t13-/m0/s1. The molecule has 1 atom stereocenters. The molecule has 2 aromatic rings. The van der Waals surface area contributed by atoms with Crippen molar-refractivity contribution >= 4 is 17.4 Å². The van der Waals surface area contributed by atoms with Gasteiger partial charge in [0.05, 0.1) is 18.6 Å². The van der Waals surface area contributed by atoms with Crippen LogP contribution in [0, 0.1) is 0 Å². The van der Waals surface area contributed by atoms with E-state index in [0.717, 1.165) is 37.3 Å². The number of urea groups is 1. The monoisotopic (exact) mass is 327 g/mol. The van der Waals surface area contributed by atoms with E-state index in [2.05, 4.69) is 51.2 Å². The number of benzene rings is 1. The maximum atomic E-state index is 11.5. The topological polar surface area (TPSA) is 62.2 Å². The van der Waals surface area contributed by atoms with E-state index in [1.54, 1.807) is 7.05 Å². The van der Waals surface area contributed by atoms with Gasteiger partial charge in [-0.25, -0.2) is 9.78 Å². The van der Waals surface area contributed by atoms with Crippen LogP contribution >= 0.6 is 0 Å². The molecule has 1 aliphatic heterocycles. The van der Waals surface area contributed by atoms with Crippen molar-refractivity contribution in [2.45, 2.75) is 39.3 Å². The van der Waals surface area contributed by atoms with Gasteiger partial charge in [-0.3, -0.25) is 0 Å². The molecule has 0 fully saturated rings. The molecule has 1 aliphatic rings. The lowest BCUT2D eigenvalue weighted by Crippen LogP contribution is -2.24. The Morgan fingerprint density at radius 1 is 1.42 bits per heavy atom. The summed E-state index contributed by atoms with van der Waals surface area (Å²) in [4.78, 5) is 18.4. The number of carbonyl (C=O) groups excluding carboxylic acids is 1. The molecule has 2 heterocycles. The number of fused-ring (bicyclic) bond motifs is 1. The van der Waals surface area contributed by atoms with Crippen LogP contribution in [0.25, 0.3) is 0 Å². The highest BCUT2D eigenvalue weighted by molar-refractivity contribution is 5.90. The highest BCUT2D eigenvalue weighted by atomic mass is 16.2. The Morgan fingerprint density at radius 2 is 2.25 bits per heavy atom. The van der Waals surface area contributed by atoms with Gasteiger partial charge in [-0.05, 0) is 37.5 Å². The van der Waals surface area contributed by atoms with Crippen LogP contribution in [-0.4, -0.2) is 29.2 Å². The van der Waals surface area contributed by atoms with Gasteiger partial charge in [-0.2, -0.15) is 0 Å². The lowest BCUT2D eigenvalue weighted by atomic mass is 10.1. The first-order valence-corrected chi connectivity index (χ1v) is 8.49. The minimum absolute atomic E-state index is 0.202. The molecule has 0 spiro atoms. The van der Waals surface area contributed by atoms with Crippen molar-refractivity contribution in [3.8, 4) is 0 Å². The van der Waals surface area contributed by atoms with Gasteiger partial charge in [0, 0.05) is 37.2 Å². The van der Waals surface area contributed by atoms with E-state index in [0.29, 0.717) is 6.04 Å². The lowest BCUT2D eigenvalue weighted by molar-refractivity contribution is 0.254. The fourth-order valence-electron chi connectivity index (χ4n) is 2.99. The average Bonchev–Trinajstić information content (AvgIpc) is 3.22. The molecule has 6 heteroatoms. The Hall–Kier alpha value is -2.50. The largest absolute Gasteiger partial charge is 0.365 e. The number of nitrogens with one attached hydrogen (secondary N) is 2. The first-order valence-electron chi connectivity index (χ1n) is 8.49. The van der Waals surface area contributed by atoms with Crippen LogP contribution in [-0.2, 0) is 13.0 Å². The number of amides is 2. The van der Waals surface area contributed by atoms with Crippen LogP contribution in [0.1, 0.15) is 37.6 Å². The van der Waals surface area contributed by atoms with Crippen molar-refractivity contribution in [3.63, 3.8) is 0 Å². The quantitative estimate of drug-likeness (QED) is 0.887. The highest BCUT2D eigenvalue weighted by Gasteiger charge is 2.20. The maximum Gasteiger partial charge on any atom is 0.318 e. The van der Waals surface area contributed by atoms with E-state index in [9.17, 15) is 4.79 Å². The van der Waals surface area contributed by atoms with E-state index < -0.39 is 0 Å². The summed E-state index contributed by atoms with van der Waals surface area (Å²) in [5.41, 5.74) is 4.39. The summed E-state index contributed by atoms with van der Waals surface area (Å²) < 4.78 is 2.18. The molecule has 24 heavy (non-hydrogen) atoms. The molecule has 0 unspecified atom stereocenters. The molecule has 6 nitrogen and oxygen atoms in total. The molecule has 1 aromatic carbocycles. The summed E-state index contributed by atoms with van der Waals surface area (Å²) in [6.07, 6.45) is 6.18. The molecule has 128 valence electrons. The van der Waals surface area contributed by atoms with Crippen molar-refractivity contribution in [1.29, 1.82) is 0 Å².